The van der Waals surface area contributed by atoms with Crippen molar-refractivity contribution in [3.8, 4) is 0 Å². The van der Waals surface area contributed by atoms with Crippen molar-refractivity contribution in [1.29, 1.82) is 0 Å². The summed E-state index contributed by atoms with van der Waals surface area (Å²) < 4.78 is 18.4. The summed E-state index contributed by atoms with van der Waals surface area (Å²) in [6, 6.07) is 13.9. The quantitative estimate of drug-likeness (QED) is 0.648. The normalized spacial score (nSPS) is 14.7. The Morgan fingerprint density at radius 3 is 2.63 bits per heavy atom. The highest BCUT2D eigenvalue weighted by Gasteiger charge is 2.20. The Balaban J connectivity index is 1.26. The second-order valence-electron chi connectivity index (χ2n) is 7.18. The van der Waals surface area contributed by atoms with Crippen LogP contribution in [-0.4, -0.2) is 42.0 Å². The number of aromatic nitrogens is 1. The van der Waals surface area contributed by atoms with Gasteiger partial charge in [0.2, 0.25) is 5.89 Å². The van der Waals surface area contributed by atoms with Gasteiger partial charge in [0.1, 0.15) is 12.1 Å². The monoisotopic (exact) mass is 428 g/mol. The van der Waals surface area contributed by atoms with E-state index in [1.54, 1.807) is 12.1 Å². The van der Waals surface area contributed by atoms with Crippen molar-refractivity contribution in [2.75, 3.05) is 31.1 Å². The summed E-state index contributed by atoms with van der Waals surface area (Å²) in [5.41, 5.74) is 2.18. The first-order valence-corrected chi connectivity index (χ1v) is 10.1. The molecule has 2 heterocycles. The summed E-state index contributed by atoms with van der Waals surface area (Å²) in [4.78, 5) is 21.1. The van der Waals surface area contributed by atoms with E-state index in [1.165, 1.54) is 18.4 Å². The minimum Gasteiger partial charge on any atom is -0.447 e. The first-order valence-electron chi connectivity index (χ1n) is 9.77. The third-order valence-electron chi connectivity index (χ3n) is 5.06. The molecule has 4 rings (SSSR count). The predicted octanol–water partition coefficient (Wildman–Crippen LogP) is 3.72. The summed E-state index contributed by atoms with van der Waals surface area (Å²) in [5.74, 6) is -0.113. The molecule has 6 nitrogen and oxygen atoms in total. The van der Waals surface area contributed by atoms with E-state index < -0.39 is 0 Å². The van der Waals surface area contributed by atoms with Crippen LogP contribution in [0.5, 0.6) is 0 Å². The molecule has 3 aromatic rings. The van der Waals surface area contributed by atoms with Gasteiger partial charge in [-0.1, -0.05) is 29.8 Å². The van der Waals surface area contributed by atoms with Crippen molar-refractivity contribution < 1.29 is 13.6 Å². The molecule has 1 aliphatic heterocycles. The number of amides is 1. The number of benzene rings is 2. The van der Waals surface area contributed by atoms with Crippen molar-refractivity contribution in [1.82, 2.24) is 15.2 Å². The summed E-state index contributed by atoms with van der Waals surface area (Å²) in [6.07, 6.45) is 1.37. The molecule has 0 radical (unpaired) electrons. The van der Waals surface area contributed by atoms with Crippen LogP contribution in [-0.2, 0) is 13.1 Å². The van der Waals surface area contributed by atoms with Gasteiger partial charge < -0.3 is 14.6 Å². The number of hydrogen-bond acceptors (Lipinski definition) is 5. The number of oxazole rings is 1. The fourth-order valence-corrected chi connectivity index (χ4v) is 3.58. The Hall–Kier alpha value is -2.90. The molecule has 0 aliphatic carbocycles. The smallest absolute Gasteiger partial charge is 0.273 e. The van der Waals surface area contributed by atoms with Crippen molar-refractivity contribution in [2.45, 2.75) is 13.1 Å². The maximum absolute atomic E-state index is 12.9. The van der Waals surface area contributed by atoms with Crippen LogP contribution in [0.25, 0.3) is 0 Å². The van der Waals surface area contributed by atoms with Crippen LogP contribution in [0.15, 0.2) is 59.2 Å². The van der Waals surface area contributed by atoms with Crippen LogP contribution in [0, 0.1) is 5.82 Å². The lowest BCUT2D eigenvalue weighted by molar-refractivity contribution is 0.0946. The van der Waals surface area contributed by atoms with Crippen molar-refractivity contribution in [3.05, 3.63) is 82.8 Å². The molecule has 30 heavy (non-hydrogen) atoms. The second kappa shape index (κ2) is 9.28. The summed E-state index contributed by atoms with van der Waals surface area (Å²) >= 11 is 6.09. The van der Waals surface area contributed by atoms with Gasteiger partial charge in [-0.2, -0.15) is 0 Å². The number of rotatable bonds is 6. The zero-order valence-corrected chi connectivity index (χ0v) is 17.1. The van der Waals surface area contributed by atoms with Gasteiger partial charge in [0.05, 0.1) is 6.54 Å². The van der Waals surface area contributed by atoms with Crippen molar-refractivity contribution in [2.24, 2.45) is 0 Å². The molecule has 1 saturated heterocycles. The third-order valence-corrected chi connectivity index (χ3v) is 5.29. The molecule has 1 N–H and O–H groups in total. The lowest BCUT2D eigenvalue weighted by Gasteiger charge is -2.35. The fraction of sp³-hybridized carbons (Fsp3) is 0.273. The molecule has 1 amide bonds. The minimum absolute atomic E-state index is 0.240. The summed E-state index contributed by atoms with van der Waals surface area (Å²) in [6.45, 7) is 4.33. The van der Waals surface area contributed by atoms with E-state index in [4.69, 9.17) is 16.0 Å². The van der Waals surface area contributed by atoms with Crippen LogP contribution in [0.2, 0.25) is 5.02 Å². The van der Waals surface area contributed by atoms with E-state index in [-0.39, 0.29) is 17.4 Å². The topological polar surface area (TPSA) is 61.6 Å². The lowest BCUT2D eigenvalue weighted by Crippen LogP contribution is -2.46. The highest BCUT2D eigenvalue weighted by atomic mass is 35.5. The molecule has 0 bridgehead atoms. The Morgan fingerprint density at radius 2 is 1.90 bits per heavy atom. The molecule has 1 aromatic heterocycles. The largest absolute Gasteiger partial charge is 0.447 e. The van der Waals surface area contributed by atoms with Gasteiger partial charge in [-0.15, -0.1) is 0 Å². The van der Waals surface area contributed by atoms with Crippen LogP contribution in [0.4, 0.5) is 10.1 Å². The zero-order valence-electron chi connectivity index (χ0n) is 16.4. The van der Waals surface area contributed by atoms with Crippen LogP contribution in [0.3, 0.4) is 0 Å². The van der Waals surface area contributed by atoms with Gasteiger partial charge in [0.25, 0.3) is 5.91 Å². The average molecular weight is 429 g/mol. The lowest BCUT2D eigenvalue weighted by atomic mass is 10.2. The molecule has 8 heteroatoms. The van der Waals surface area contributed by atoms with Crippen LogP contribution >= 0.6 is 11.6 Å². The predicted molar refractivity (Wildman–Crippen MR) is 113 cm³/mol. The SMILES string of the molecule is O=C(NCc1ccc(F)cc1)c1coc(CN2CCN(c3cccc(Cl)c3)CC2)n1. The second-order valence-corrected chi connectivity index (χ2v) is 7.62. The molecule has 2 aromatic carbocycles. The Labute approximate surface area is 179 Å². The van der Waals surface area contributed by atoms with E-state index >= 15 is 0 Å². The van der Waals surface area contributed by atoms with Gasteiger partial charge in [0.15, 0.2) is 5.69 Å². The number of nitrogens with zero attached hydrogens (tertiary/aromatic N) is 3. The van der Waals surface area contributed by atoms with Gasteiger partial charge in [-0.05, 0) is 35.9 Å². The van der Waals surface area contributed by atoms with E-state index in [2.05, 4.69) is 26.2 Å². The standard InChI is InChI=1S/C22H22ClFN4O2/c23-17-2-1-3-19(12-17)28-10-8-27(9-11-28)14-21-26-20(15-30-21)22(29)25-13-16-4-6-18(24)7-5-16/h1-7,12,15H,8-11,13-14H2,(H,25,29). The van der Waals surface area contributed by atoms with Crippen LogP contribution in [0.1, 0.15) is 21.9 Å². The maximum atomic E-state index is 12.9. The van der Waals surface area contributed by atoms with Gasteiger partial charge in [0, 0.05) is 43.4 Å². The Bertz CT molecular complexity index is 1000. The molecule has 1 fully saturated rings. The van der Waals surface area contributed by atoms with Gasteiger partial charge in [-0.3, -0.25) is 9.69 Å². The fourth-order valence-electron chi connectivity index (χ4n) is 3.39. The van der Waals surface area contributed by atoms with Crippen LogP contribution < -0.4 is 10.2 Å². The first kappa shape index (κ1) is 20.4. The highest BCUT2D eigenvalue weighted by molar-refractivity contribution is 6.30. The first-order chi connectivity index (χ1) is 14.6. The number of piperazine rings is 1. The van der Waals surface area contributed by atoms with E-state index in [9.17, 15) is 9.18 Å². The molecule has 0 unspecified atom stereocenters. The number of nitrogens with one attached hydrogen (secondary N) is 1. The molecule has 1 aliphatic rings. The number of halogens is 2. The summed E-state index contributed by atoms with van der Waals surface area (Å²) in [5, 5.41) is 3.50. The highest BCUT2D eigenvalue weighted by Crippen LogP contribution is 2.21. The third kappa shape index (κ3) is 5.17. The van der Waals surface area contributed by atoms with E-state index in [1.807, 2.05) is 18.2 Å². The summed E-state index contributed by atoms with van der Waals surface area (Å²) in [7, 11) is 0. The molecule has 0 spiro atoms. The number of carbonyl (C=O) groups is 1. The van der Waals surface area contributed by atoms with E-state index in [0.29, 0.717) is 19.0 Å². The molecule has 0 atom stereocenters. The van der Waals surface area contributed by atoms with Gasteiger partial charge >= 0.3 is 0 Å². The van der Waals surface area contributed by atoms with Crippen molar-refractivity contribution >= 4 is 23.2 Å². The molecule has 156 valence electrons. The Morgan fingerprint density at radius 1 is 1.13 bits per heavy atom. The van der Waals surface area contributed by atoms with Gasteiger partial charge in [-0.25, -0.2) is 9.37 Å². The average Bonchev–Trinajstić information content (AvgIpc) is 3.22. The van der Waals surface area contributed by atoms with E-state index in [0.717, 1.165) is 42.5 Å². The maximum Gasteiger partial charge on any atom is 0.273 e. The number of hydrogen-bond donors (Lipinski definition) is 1. The number of carbonyl (C=O) groups excluding carboxylic acids is 1. The molecular formula is C22H22ClFN4O2. The van der Waals surface area contributed by atoms with Crippen molar-refractivity contribution in [3.63, 3.8) is 0 Å². The Kier molecular flexibility index (Phi) is 6.30. The molecular weight excluding hydrogens is 407 g/mol. The zero-order chi connectivity index (χ0) is 20.9. The number of anilines is 1. The minimum atomic E-state index is -0.319. The molecule has 0 saturated carbocycles.